The Morgan fingerprint density at radius 2 is 2.16 bits per heavy atom. The number of nitrogens with one attached hydrogen (secondary N) is 2. The van der Waals surface area contributed by atoms with Crippen molar-refractivity contribution in [3.63, 3.8) is 0 Å². The number of aryl methyl sites for hydroxylation is 1. The fourth-order valence-corrected chi connectivity index (χ4v) is 1.42. The Balaban J connectivity index is 2.81. The molecule has 0 saturated carbocycles. The molecule has 1 atom stereocenters. The van der Waals surface area contributed by atoms with Gasteiger partial charge >= 0.3 is 12.0 Å². The number of aliphatic hydroxyl groups excluding tert-OH is 1. The number of aliphatic carboxylic acids is 1. The summed E-state index contributed by atoms with van der Waals surface area (Å²) in [5, 5.41) is 30.9. The number of carboxylic acids is 1. The second-order valence-electron chi connectivity index (χ2n) is 3.78. The summed E-state index contributed by atoms with van der Waals surface area (Å²) in [5.74, 6) is -1.35. The molecule has 7 heteroatoms. The molecular weight excluding hydrogens is 250 g/mol. The summed E-state index contributed by atoms with van der Waals surface area (Å²) in [5.41, 5.74) is 1.27. The number of urea groups is 1. The third-order valence-corrected chi connectivity index (χ3v) is 2.42. The maximum absolute atomic E-state index is 11.6. The molecule has 0 aliphatic rings. The second kappa shape index (κ2) is 6.37. The van der Waals surface area contributed by atoms with Crippen LogP contribution in [0, 0.1) is 18.3 Å². The van der Waals surface area contributed by atoms with Gasteiger partial charge in [-0.15, -0.1) is 0 Å². The maximum atomic E-state index is 11.6. The van der Waals surface area contributed by atoms with Crippen molar-refractivity contribution < 1.29 is 19.8 Å². The third kappa shape index (κ3) is 3.69. The van der Waals surface area contributed by atoms with Gasteiger partial charge in [0, 0.05) is 0 Å². The monoisotopic (exact) mass is 263 g/mol. The van der Waals surface area contributed by atoms with Gasteiger partial charge < -0.3 is 20.8 Å². The molecule has 0 aliphatic carbocycles. The van der Waals surface area contributed by atoms with Gasteiger partial charge in [0.15, 0.2) is 6.04 Å². The van der Waals surface area contributed by atoms with Crippen LogP contribution in [0.15, 0.2) is 18.2 Å². The highest BCUT2D eigenvalue weighted by atomic mass is 16.4. The highest BCUT2D eigenvalue weighted by molar-refractivity contribution is 5.93. The lowest BCUT2D eigenvalue weighted by Crippen LogP contribution is -2.45. The van der Waals surface area contributed by atoms with E-state index in [4.69, 9.17) is 15.5 Å². The number of rotatable bonds is 4. The first-order chi connectivity index (χ1) is 8.99. The van der Waals surface area contributed by atoms with E-state index in [0.717, 1.165) is 0 Å². The van der Waals surface area contributed by atoms with Gasteiger partial charge in [-0.2, -0.15) is 5.26 Å². The van der Waals surface area contributed by atoms with Gasteiger partial charge in [0.25, 0.3) is 0 Å². The molecule has 0 unspecified atom stereocenters. The first kappa shape index (κ1) is 14.5. The lowest BCUT2D eigenvalue weighted by molar-refractivity contribution is -0.140. The van der Waals surface area contributed by atoms with Crippen LogP contribution in [0.25, 0.3) is 0 Å². The summed E-state index contributed by atoms with van der Waals surface area (Å²) in [6.07, 6.45) is 0. The molecule has 4 N–H and O–H groups in total. The van der Waals surface area contributed by atoms with Gasteiger partial charge in [-0.1, -0.05) is 12.1 Å². The van der Waals surface area contributed by atoms with E-state index in [1.165, 1.54) is 6.07 Å². The number of carbonyl (C=O) groups excluding carboxylic acids is 1. The van der Waals surface area contributed by atoms with Crippen LogP contribution < -0.4 is 10.6 Å². The van der Waals surface area contributed by atoms with Crippen molar-refractivity contribution in [2.75, 3.05) is 11.9 Å². The molecule has 0 aromatic heterocycles. The average molecular weight is 263 g/mol. The van der Waals surface area contributed by atoms with Gasteiger partial charge in [0.2, 0.25) is 0 Å². The minimum atomic E-state index is -1.39. The van der Waals surface area contributed by atoms with Gasteiger partial charge in [-0.05, 0) is 18.6 Å². The maximum Gasteiger partial charge on any atom is 0.328 e. The molecule has 1 aromatic rings. The number of nitriles is 1. The Hall–Kier alpha value is -2.59. The van der Waals surface area contributed by atoms with E-state index in [-0.39, 0.29) is 5.69 Å². The molecule has 100 valence electrons. The highest BCUT2D eigenvalue weighted by Gasteiger charge is 2.19. The topological polar surface area (TPSA) is 122 Å². The number of anilines is 1. The van der Waals surface area contributed by atoms with Crippen molar-refractivity contribution in [1.82, 2.24) is 5.32 Å². The molecule has 7 nitrogen and oxygen atoms in total. The van der Waals surface area contributed by atoms with Crippen LogP contribution >= 0.6 is 0 Å². The van der Waals surface area contributed by atoms with Crippen LogP contribution in [0.2, 0.25) is 0 Å². The highest BCUT2D eigenvalue weighted by Crippen LogP contribution is 2.17. The molecule has 2 amide bonds. The van der Waals surface area contributed by atoms with Crippen LogP contribution in [0.5, 0.6) is 0 Å². The zero-order chi connectivity index (χ0) is 14.4. The number of carboxylic acid groups (broad SMARTS) is 1. The molecule has 0 aliphatic heterocycles. The van der Waals surface area contributed by atoms with Gasteiger partial charge in [-0.25, -0.2) is 9.59 Å². The van der Waals surface area contributed by atoms with Gasteiger partial charge in [-0.3, -0.25) is 0 Å². The second-order valence-corrected chi connectivity index (χ2v) is 3.78. The summed E-state index contributed by atoms with van der Waals surface area (Å²) >= 11 is 0. The quantitative estimate of drug-likeness (QED) is 0.627. The van der Waals surface area contributed by atoms with Crippen LogP contribution in [0.3, 0.4) is 0 Å². The van der Waals surface area contributed by atoms with E-state index in [2.05, 4.69) is 10.6 Å². The minimum Gasteiger partial charge on any atom is -0.480 e. The zero-order valence-electron chi connectivity index (χ0n) is 10.2. The Bertz CT molecular complexity index is 536. The summed E-state index contributed by atoms with van der Waals surface area (Å²) in [4.78, 5) is 22.2. The lowest BCUT2D eigenvalue weighted by Gasteiger charge is -2.13. The van der Waals surface area contributed by atoms with Crippen LogP contribution in [0.1, 0.15) is 11.1 Å². The van der Waals surface area contributed by atoms with Gasteiger partial charge in [0.1, 0.15) is 6.07 Å². The van der Waals surface area contributed by atoms with Crippen LogP contribution in [-0.2, 0) is 4.79 Å². The van der Waals surface area contributed by atoms with Crippen molar-refractivity contribution in [3.05, 3.63) is 29.3 Å². The number of amides is 2. The fraction of sp³-hybridized carbons (Fsp3) is 0.250. The Morgan fingerprint density at radius 1 is 1.47 bits per heavy atom. The summed E-state index contributed by atoms with van der Waals surface area (Å²) in [6.45, 7) is 0.997. The third-order valence-electron chi connectivity index (χ3n) is 2.42. The fourth-order valence-electron chi connectivity index (χ4n) is 1.42. The molecule has 0 radical (unpaired) electrons. The molecule has 1 rings (SSSR count). The van der Waals surface area contributed by atoms with Crippen molar-refractivity contribution >= 4 is 17.7 Å². The molecule has 0 fully saturated rings. The van der Waals surface area contributed by atoms with E-state index < -0.39 is 24.6 Å². The number of hydrogen-bond acceptors (Lipinski definition) is 4. The Morgan fingerprint density at radius 3 is 2.68 bits per heavy atom. The number of carbonyl (C=O) groups is 2. The van der Waals surface area contributed by atoms with Crippen LogP contribution in [-0.4, -0.2) is 34.9 Å². The molecule has 0 bridgehead atoms. The van der Waals surface area contributed by atoms with E-state index in [1.54, 1.807) is 19.1 Å². The number of aliphatic hydroxyl groups is 1. The van der Waals surface area contributed by atoms with Crippen molar-refractivity contribution in [1.29, 1.82) is 5.26 Å². The SMILES string of the molecule is Cc1cccc(NC(=O)N[C@H](CO)C(=O)O)c1C#N. The number of hydrogen-bond donors (Lipinski definition) is 4. The molecule has 19 heavy (non-hydrogen) atoms. The first-order valence-corrected chi connectivity index (χ1v) is 5.40. The summed E-state index contributed by atoms with van der Waals surface area (Å²) < 4.78 is 0. The van der Waals surface area contributed by atoms with E-state index in [1.807, 2.05) is 6.07 Å². The van der Waals surface area contributed by atoms with Crippen LogP contribution in [0.4, 0.5) is 10.5 Å². The van der Waals surface area contributed by atoms with Crippen molar-refractivity contribution in [2.24, 2.45) is 0 Å². The predicted molar refractivity (Wildman–Crippen MR) is 66.6 cm³/mol. The van der Waals surface area contributed by atoms with E-state index in [9.17, 15) is 9.59 Å². The zero-order valence-corrected chi connectivity index (χ0v) is 10.2. The predicted octanol–water partition coefficient (Wildman–Crippen LogP) is 0.434. The Labute approximate surface area is 109 Å². The molecule has 0 saturated heterocycles. The van der Waals surface area contributed by atoms with Crippen molar-refractivity contribution in [2.45, 2.75) is 13.0 Å². The molecule has 0 spiro atoms. The molecule has 1 aromatic carbocycles. The number of nitrogens with zero attached hydrogens (tertiary/aromatic N) is 1. The summed E-state index contributed by atoms with van der Waals surface area (Å²) in [6, 6.07) is 4.66. The van der Waals surface area contributed by atoms with Gasteiger partial charge in [0.05, 0.1) is 17.9 Å². The first-order valence-electron chi connectivity index (χ1n) is 5.40. The van der Waals surface area contributed by atoms with E-state index >= 15 is 0 Å². The van der Waals surface area contributed by atoms with E-state index in [0.29, 0.717) is 11.1 Å². The number of benzene rings is 1. The lowest BCUT2D eigenvalue weighted by atomic mass is 10.1. The Kier molecular flexibility index (Phi) is 4.85. The standard InChI is InChI=1S/C12H13N3O4/c1-7-3-2-4-9(8(7)5-13)14-12(19)15-10(6-16)11(17)18/h2-4,10,16H,6H2,1H3,(H,17,18)(H2,14,15,19)/t10-/m1/s1. The molecule has 0 heterocycles. The smallest absolute Gasteiger partial charge is 0.328 e. The summed E-state index contributed by atoms with van der Waals surface area (Å²) in [7, 11) is 0. The largest absolute Gasteiger partial charge is 0.480 e. The minimum absolute atomic E-state index is 0.280. The average Bonchev–Trinajstić information content (AvgIpc) is 2.36. The van der Waals surface area contributed by atoms with Crippen molar-refractivity contribution in [3.8, 4) is 6.07 Å². The normalized spacial score (nSPS) is 11.2. The molecular formula is C12H13N3O4.